The van der Waals surface area contributed by atoms with Gasteiger partial charge in [0.15, 0.2) is 0 Å². The maximum absolute atomic E-state index is 9.73. The van der Waals surface area contributed by atoms with Crippen LogP contribution in [0.3, 0.4) is 0 Å². The third-order valence-corrected chi connectivity index (χ3v) is 2.64. The number of hydrogen-bond acceptors (Lipinski definition) is 3. The molecule has 0 fully saturated rings. The van der Waals surface area contributed by atoms with Gasteiger partial charge in [0, 0.05) is 12.1 Å². The van der Waals surface area contributed by atoms with Crippen molar-refractivity contribution in [1.82, 2.24) is 4.90 Å². The lowest BCUT2D eigenvalue weighted by atomic mass is 10.1. The van der Waals surface area contributed by atoms with Crippen molar-refractivity contribution in [3.8, 4) is 5.75 Å². The van der Waals surface area contributed by atoms with Gasteiger partial charge >= 0.3 is 0 Å². The second-order valence-electron chi connectivity index (χ2n) is 4.97. The smallest absolute Gasteiger partial charge is 0.123 e. The molecule has 1 aromatic carbocycles. The van der Waals surface area contributed by atoms with Crippen LogP contribution in [0.4, 0.5) is 0 Å². The molecule has 17 heavy (non-hydrogen) atoms. The van der Waals surface area contributed by atoms with Crippen LogP contribution >= 0.6 is 0 Å². The van der Waals surface area contributed by atoms with Gasteiger partial charge in [0.1, 0.15) is 12.4 Å². The van der Waals surface area contributed by atoms with Crippen molar-refractivity contribution in [2.24, 2.45) is 5.92 Å². The lowest BCUT2D eigenvalue weighted by Crippen LogP contribution is -2.23. The molecule has 96 valence electrons. The Morgan fingerprint density at radius 2 is 1.88 bits per heavy atom. The molecular formula is C14H23NO2. The van der Waals surface area contributed by atoms with Crippen molar-refractivity contribution < 1.29 is 9.84 Å². The highest BCUT2D eigenvalue weighted by atomic mass is 16.5. The van der Waals surface area contributed by atoms with E-state index in [1.807, 2.05) is 46.1 Å². The SMILES string of the molecule is CC(C)C(O)COc1ccccc1CN(C)C. The van der Waals surface area contributed by atoms with Crippen LogP contribution in [-0.4, -0.2) is 36.8 Å². The van der Waals surface area contributed by atoms with E-state index in [1.165, 1.54) is 0 Å². The Morgan fingerprint density at radius 3 is 2.47 bits per heavy atom. The Labute approximate surface area is 104 Å². The predicted octanol–water partition coefficient (Wildman–Crippen LogP) is 2.14. The minimum atomic E-state index is -0.414. The molecule has 0 aliphatic rings. The van der Waals surface area contributed by atoms with E-state index in [0.717, 1.165) is 17.9 Å². The van der Waals surface area contributed by atoms with Gasteiger partial charge in [-0.05, 0) is 26.1 Å². The summed E-state index contributed by atoms with van der Waals surface area (Å²) in [7, 11) is 4.06. The van der Waals surface area contributed by atoms with Gasteiger partial charge in [-0.1, -0.05) is 32.0 Å². The van der Waals surface area contributed by atoms with Crippen molar-refractivity contribution in [3.05, 3.63) is 29.8 Å². The maximum atomic E-state index is 9.73. The van der Waals surface area contributed by atoms with E-state index >= 15 is 0 Å². The van der Waals surface area contributed by atoms with E-state index in [2.05, 4.69) is 11.0 Å². The van der Waals surface area contributed by atoms with Crippen LogP contribution in [0.1, 0.15) is 19.4 Å². The van der Waals surface area contributed by atoms with Crippen LogP contribution in [0.5, 0.6) is 5.75 Å². The third kappa shape index (κ3) is 4.75. The minimum absolute atomic E-state index is 0.219. The van der Waals surface area contributed by atoms with Crippen LogP contribution < -0.4 is 4.74 Å². The summed E-state index contributed by atoms with van der Waals surface area (Å²) in [5.74, 6) is 1.08. The zero-order valence-electron chi connectivity index (χ0n) is 11.2. The molecule has 1 aromatic rings. The number of ether oxygens (including phenoxy) is 1. The fraction of sp³-hybridized carbons (Fsp3) is 0.571. The normalized spacial score (nSPS) is 13.1. The molecule has 0 spiro atoms. The molecule has 1 atom stereocenters. The first kappa shape index (κ1) is 14.0. The van der Waals surface area contributed by atoms with E-state index in [-0.39, 0.29) is 5.92 Å². The molecule has 0 amide bonds. The highest BCUT2D eigenvalue weighted by molar-refractivity contribution is 5.33. The Morgan fingerprint density at radius 1 is 1.24 bits per heavy atom. The Bertz CT molecular complexity index is 337. The van der Waals surface area contributed by atoms with Gasteiger partial charge in [-0.3, -0.25) is 0 Å². The summed E-state index contributed by atoms with van der Waals surface area (Å²) >= 11 is 0. The number of rotatable bonds is 6. The second kappa shape index (κ2) is 6.62. The van der Waals surface area contributed by atoms with Crippen molar-refractivity contribution in [2.45, 2.75) is 26.5 Å². The molecule has 0 aromatic heterocycles. The molecule has 0 aliphatic heterocycles. The quantitative estimate of drug-likeness (QED) is 0.823. The van der Waals surface area contributed by atoms with Gasteiger partial charge in [-0.2, -0.15) is 0 Å². The molecule has 3 nitrogen and oxygen atoms in total. The van der Waals surface area contributed by atoms with Crippen LogP contribution in [0, 0.1) is 5.92 Å². The van der Waals surface area contributed by atoms with E-state index in [1.54, 1.807) is 0 Å². The molecule has 1 N–H and O–H groups in total. The molecule has 0 aliphatic carbocycles. The molecule has 0 bridgehead atoms. The van der Waals surface area contributed by atoms with E-state index in [4.69, 9.17) is 4.74 Å². The first-order chi connectivity index (χ1) is 8.00. The Kier molecular flexibility index (Phi) is 5.45. The Balaban J connectivity index is 2.63. The number of para-hydroxylation sites is 1. The van der Waals surface area contributed by atoms with Crippen LogP contribution in [0.25, 0.3) is 0 Å². The third-order valence-electron chi connectivity index (χ3n) is 2.64. The molecule has 1 rings (SSSR count). The summed E-state index contributed by atoms with van der Waals surface area (Å²) in [4.78, 5) is 2.10. The highest BCUT2D eigenvalue weighted by Gasteiger charge is 2.11. The first-order valence-corrected chi connectivity index (χ1v) is 6.04. The van der Waals surface area contributed by atoms with Gasteiger partial charge in [-0.15, -0.1) is 0 Å². The average Bonchev–Trinajstić information content (AvgIpc) is 2.26. The van der Waals surface area contributed by atoms with E-state index < -0.39 is 6.10 Å². The average molecular weight is 237 g/mol. The summed E-state index contributed by atoms with van der Waals surface area (Å²) < 4.78 is 5.68. The topological polar surface area (TPSA) is 32.7 Å². The molecule has 1 unspecified atom stereocenters. The summed E-state index contributed by atoms with van der Waals surface area (Å²) in [6.45, 7) is 5.16. The lowest BCUT2D eigenvalue weighted by molar-refractivity contribution is 0.0695. The Hall–Kier alpha value is -1.06. The summed E-state index contributed by atoms with van der Waals surface area (Å²) in [5, 5.41) is 9.73. The van der Waals surface area contributed by atoms with Gasteiger partial charge < -0.3 is 14.7 Å². The molecule has 0 saturated carbocycles. The summed E-state index contributed by atoms with van der Waals surface area (Å²) in [6, 6.07) is 7.96. The van der Waals surface area contributed by atoms with Crippen molar-refractivity contribution in [1.29, 1.82) is 0 Å². The number of benzene rings is 1. The van der Waals surface area contributed by atoms with Crippen molar-refractivity contribution >= 4 is 0 Å². The van der Waals surface area contributed by atoms with Crippen LogP contribution in [0.2, 0.25) is 0 Å². The van der Waals surface area contributed by atoms with Crippen LogP contribution in [-0.2, 0) is 6.54 Å². The number of aliphatic hydroxyl groups excluding tert-OH is 1. The van der Waals surface area contributed by atoms with E-state index in [0.29, 0.717) is 6.61 Å². The minimum Gasteiger partial charge on any atom is -0.491 e. The van der Waals surface area contributed by atoms with Crippen molar-refractivity contribution in [2.75, 3.05) is 20.7 Å². The number of hydrogen-bond donors (Lipinski definition) is 1. The first-order valence-electron chi connectivity index (χ1n) is 6.04. The fourth-order valence-corrected chi connectivity index (χ4v) is 1.48. The summed E-state index contributed by atoms with van der Waals surface area (Å²) in [5.41, 5.74) is 1.15. The fourth-order valence-electron chi connectivity index (χ4n) is 1.48. The number of nitrogens with zero attached hydrogens (tertiary/aromatic N) is 1. The molecular weight excluding hydrogens is 214 g/mol. The molecule has 0 radical (unpaired) electrons. The van der Waals surface area contributed by atoms with Gasteiger partial charge in [0.25, 0.3) is 0 Å². The predicted molar refractivity (Wildman–Crippen MR) is 70.2 cm³/mol. The lowest BCUT2D eigenvalue weighted by Gasteiger charge is -2.18. The van der Waals surface area contributed by atoms with Crippen LogP contribution in [0.15, 0.2) is 24.3 Å². The van der Waals surface area contributed by atoms with Gasteiger partial charge in [-0.25, -0.2) is 0 Å². The van der Waals surface area contributed by atoms with Gasteiger partial charge in [0.05, 0.1) is 6.10 Å². The maximum Gasteiger partial charge on any atom is 0.123 e. The zero-order valence-corrected chi connectivity index (χ0v) is 11.2. The zero-order chi connectivity index (χ0) is 12.8. The standard InChI is InChI=1S/C14H23NO2/c1-11(2)13(16)10-17-14-8-6-5-7-12(14)9-15(3)4/h5-8,11,13,16H,9-10H2,1-4H3. The monoisotopic (exact) mass is 237 g/mol. The highest BCUT2D eigenvalue weighted by Crippen LogP contribution is 2.19. The summed E-state index contributed by atoms with van der Waals surface area (Å²) in [6.07, 6.45) is -0.414. The molecule has 0 heterocycles. The van der Waals surface area contributed by atoms with Crippen molar-refractivity contribution in [3.63, 3.8) is 0 Å². The van der Waals surface area contributed by atoms with E-state index in [9.17, 15) is 5.11 Å². The largest absolute Gasteiger partial charge is 0.491 e. The molecule has 0 saturated heterocycles. The number of aliphatic hydroxyl groups is 1. The van der Waals surface area contributed by atoms with Gasteiger partial charge in [0.2, 0.25) is 0 Å². The second-order valence-corrected chi connectivity index (χ2v) is 4.97. The molecule has 3 heteroatoms.